The largest absolute Gasteiger partial charge is 0.375 e. The minimum atomic E-state index is 0.0731. The van der Waals surface area contributed by atoms with Crippen molar-refractivity contribution in [3.63, 3.8) is 0 Å². The predicted octanol–water partition coefficient (Wildman–Crippen LogP) is 4.14. The van der Waals surface area contributed by atoms with Gasteiger partial charge in [0.05, 0.1) is 5.60 Å². The molecule has 1 saturated heterocycles. The highest BCUT2D eigenvalue weighted by atomic mass is 32.1. The molecule has 1 aromatic heterocycles. The van der Waals surface area contributed by atoms with Gasteiger partial charge in [-0.05, 0) is 44.1 Å². The summed E-state index contributed by atoms with van der Waals surface area (Å²) in [5, 5.41) is 5.99. The minimum absolute atomic E-state index is 0.0731. The van der Waals surface area contributed by atoms with Gasteiger partial charge in [-0.2, -0.15) is 0 Å². The van der Waals surface area contributed by atoms with Gasteiger partial charge in [0.15, 0.2) is 0 Å². The van der Waals surface area contributed by atoms with Crippen LogP contribution in [-0.4, -0.2) is 18.2 Å². The van der Waals surface area contributed by atoms with Gasteiger partial charge < -0.3 is 10.1 Å². The summed E-state index contributed by atoms with van der Waals surface area (Å²) in [6, 6.07) is 5.49. The number of ether oxygens (including phenoxy) is 1. The van der Waals surface area contributed by atoms with Crippen molar-refractivity contribution in [2.75, 3.05) is 6.61 Å². The van der Waals surface area contributed by atoms with Crippen LogP contribution in [0.3, 0.4) is 0 Å². The summed E-state index contributed by atoms with van der Waals surface area (Å²) >= 11 is 1.86. The van der Waals surface area contributed by atoms with E-state index in [1.807, 2.05) is 11.3 Å². The topological polar surface area (TPSA) is 21.3 Å². The molecule has 1 N–H and O–H groups in total. The fraction of sp³-hybridized carbons (Fsp3) is 0.733. The van der Waals surface area contributed by atoms with Crippen LogP contribution in [0.15, 0.2) is 17.5 Å². The number of hydrogen-bond donors (Lipinski definition) is 1. The first kappa shape index (κ1) is 14.0. The van der Waals surface area contributed by atoms with Crippen LogP contribution in [-0.2, 0) is 4.74 Å². The van der Waals surface area contributed by atoms with Crippen LogP contribution in [0, 0.1) is 0 Å². The van der Waals surface area contributed by atoms with Gasteiger partial charge in [0, 0.05) is 23.6 Å². The standard InChI is InChI=1S/C15H25NOS/c1-4-13(14-7-6-10-18-14)16-12-8-9-17-15(3,5-2)11-12/h6-7,10,12-13,16H,4-5,8-9,11H2,1-3H3. The molecule has 3 unspecified atom stereocenters. The number of thiophene rings is 1. The van der Waals surface area contributed by atoms with E-state index in [1.54, 1.807) is 0 Å². The molecule has 0 aromatic carbocycles. The van der Waals surface area contributed by atoms with Crippen LogP contribution in [0.2, 0.25) is 0 Å². The Hall–Kier alpha value is -0.380. The lowest BCUT2D eigenvalue weighted by molar-refractivity contribution is -0.0791. The Balaban J connectivity index is 1.95. The molecule has 3 atom stereocenters. The van der Waals surface area contributed by atoms with Crippen molar-refractivity contribution < 1.29 is 4.74 Å². The molecule has 3 heteroatoms. The maximum absolute atomic E-state index is 5.91. The molecule has 1 aromatic rings. The van der Waals surface area contributed by atoms with Gasteiger partial charge >= 0.3 is 0 Å². The van der Waals surface area contributed by atoms with Crippen molar-refractivity contribution in [1.29, 1.82) is 0 Å². The van der Waals surface area contributed by atoms with E-state index in [0.717, 1.165) is 32.3 Å². The highest BCUT2D eigenvalue weighted by molar-refractivity contribution is 7.10. The quantitative estimate of drug-likeness (QED) is 0.866. The van der Waals surface area contributed by atoms with Crippen molar-refractivity contribution in [2.24, 2.45) is 0 Å². The number of rotatable bonds is 5. The van der Waals surface area contributed by atoms with Gasteiger partial charge in [-0.15, -0.1) is 11.3 Å². The summed E-state index contributed by atoms with van der Waals surface area (Å²) in [5.74, 6) is 0. The first-order valence-electron chi connectivity index (χ1n) is 7.10. The molecule has 1 aliphatic rings. The molecule has 0 amide bonds. The van der Waals surface area contributed by atoms with Crippen molar-refractivity contribution in [1.82, 2.24) is 5.32 Å². The molecule has 18 heavy (non-hydrogen) atoms. The summed E-state index contributed by atoms with van der Waals surface area (Å²) in [7, 11) is 0. The lowest BCUT2D eigenvalue weighted by Crippen LogP contribution is -2.45. The summed E-state index contributed by atoms with van der Waals surface area (Å²) in [5.41, 5.74) is 0.0731. The normalized spacial score (nSPS) is 30.3. The van der Waals surface area contributed by atoms with Gasteiger partial charge in [-0.3, -0.25) is 0 Å². The fourth-order valence-corrected chi connectivity index (χ4v) is 3.56. The predicted molar refractivity (Wildman–Crippen MR) is 78.2 cm³/mol. The maximum atomic E-state index is 5.91. The Morgan fingerprint density at radius 3 is 3.00 bits per heavy atom. The van der Waals surface area contributed by atoms with Gasteiger partial charge in [-0.1, -0.05) is 19.9 Å². The van der Waals surface area contributed by atoms with Crippen LogP contribution in [0.25, 0.3) is 0 Å². The molecule has 2 nitrogen and oxygen atoms in total. The van der Waals surface area contributed by atoms with Gasteiger partial charge in [0.25, 0.3) is 0 Å². The molecule has 0 saturated carbocycles. The summed E-state index contributed by atoms with van der Waals surface area (Å²) < 4.78 is 5.91. The van der Waals surface area contributed by atoms with Crippen molar-refractivity contribution in [3.05, 3.63) is 22.4 Å². The first-order valence-corrected chi connectivity index (χ1v) is 7.98. The first-order chi connectivity index (χ1) is 8.67. The molecule has 102 valence electrons. The zero-order chi connectivity index (χ0) is 13.0. The van der Waals surface area contributed by atoms with Crippen molar-refractivity contribution >= 4 is 11.3 Å². The zero-order valence-electron chi connectivity index (χ0n) is 11.7. The molecule has 2 heterocycles. The summed E-state index contributed by atoms with van der Waals surface area (Å²) in [4.78, 5) is 1.46. The zero-order valence-corrected chi connectivity index (χ0v) is 12.6. The van der Waals surface area contributed by atoms with E-state index in [4.69, 9.17) is 4.74 Å². The highest BCUT2D eigenvalue weighted by Gasteiger charge is 2.32. The SMILES string of the molecule is CCC(NC1CCOC(C)(CC)C1)c1cccs1. The van der Waals surface area contributed by atoms with Gasteiger partial charge in [0.1, 0.15) is 0 Å². The van der Waals surface area contributed by atoms with E-state index in [-0.39, 0.29) is 5.60 Å². The lowest BCUT2D eigenvalue weighted by Gasteiger charge is -2.39. The molecular weight excluding hydrogens is 242 g/mol. The third-order valence-electron chi connectivity index (χ3n) is 4.07. The second kappa shape index (κ2) is 6.18. The molecule has 1 fully saturated rings. The Labute approximate surface area is 115 Å². The third kappa shape index (κ3) is 3.34. The summed E-state index contributed by atoms with van der Waals surface area (Å²) in [6.07, 6.45) is 4.52. The van der Waals surface area contributed by atoms with Crippen LogP contribution in [0.5, 0.6) is 0 Å². The van der Waals surface area contributed by atoms with E-state index in [2.05, 4.69) is 43.6 Å². The highest BCUT2D eigenvalue weighted by Crippen LogP contribution is 2.30. The average Bonchev–Trinajstić information content (AvgIpc) is 2.90. The monoisotopic (exact) mass is 267 g/mol. The maximum Gasteiger partial charge on any atom is 0.0666 e. The van der Waals surface area contributed by atoms with Gasteiger partial charge in [-0.25, -0.2) is 0 Å². The van der Waals surface area contributed by atoms with E-state index in [9.17, 15) is 0 Å². The molecule has 0 radical (unpaired) electrons. The molecular formula is C15H25NOS. The minimum Gasteiger partial charge on any atom is -0.375 e. The molecule has 1 aliphatic heterocycles. The van der Waals surface area contributed by atoms with E-state index in [0.29, 0.717) is 12.1 Å². The van der Waals surface area contributed by atoms with Crippen LogP contribution in [0.4, 0.5) is 0 Å². The molecule has 2 rings (SSSR count). The van der Waals surface area contributed by atoms with Crippen molar-refractivity contribution in [2.45, 2.75) is 64.1 Å². The Morgan fingerprint density at radius 1 is 1.56 bits per heavy atom. The Bertz CT molecular complexity index is 351. The van der Waals surface area contributed by atoms with Crippen LogP contribution < -0.4 is 5.32 Å². The second-order valence-corrected chi connectivity index (χ2v) is 6.46. The van der Waals surface area contributed by atoms with E-state index in [1.165, 1.54) is 4.88 Å². The fourth-order valence-electron chi connectivity index (χ4n) is 2.69. The number of hydrogen-bond acceptors (Lipinski definition) is 3. The second-order valence-electron chi connectivity index (χ2n) is 5.48. The Kier molecular flexibility index (Phi) is 4.82. The molecule has 0 aliphatic carbocycles. The Morgan fingerprint density at radius 2 is 2.39 bits per heavy atom. The molecule has 0 bridgehead atoms. The number of nitrogens with one attached hydrogen (secondary N) is 1. The van der Waals surface area contributed by atoms with Crippen LogP contribution in [0.1, 0.15) is 57.4 Å². The van der Waals surface area contributed by atoms with E-state index >= 15 is 0 Å². The van der Waals surface area contributed by atoms with E-state index < -0.39 is 0 Å². The third-order valence-corrected chi connectivity index (χ3v) is 5.06. The van der Waals surface area contributed by atoms with Crippen molar-refractivity contribution in [3.8, 4) is 0 Å². The van der Waals surface area contributed by atoms with Crippen LogP contribution >= 0.6 is 11.3 Å². The smallest absolute Gasteiger partial charge is 0.0666 e. The lowest BCUT2D eigenvalue weighted by atomic mass is 9.89. The summed E-state index contributed by atoms with van der Waals surface area (Å²) in [6.45, 7) is 7.62. The average molecular weight is 267 g/mol. The van der Waals surface area contributed by atoms with Gasteiger partial charge in [0.2, 0.25) is 0 Å². The molecule has 0 spiro atoms.